The standard InChI is InChI=1S/C15H19ClFNO2/c16-12-13(17)10(8-11-14(12)20-7-6-19-11)15(9-18)4-2-1-3-5-15/h8H,1-7,9,18H2. The van der Waals surface area contributed by atoms with Crippen molar-refractivity contribution in [2.45, 2.75) is 37.5 Å². The predicted molar refractivity (Wildman–Crippen MR) is 76.2 cm³/mol. The fourth-order valence-corrected chi connectivity index (χ4v) is 3.57. The van der Waals surface area contributed by atoms with Crippen molar-refractivity contribution in [3.8, 4) is 11.5 Å². The average Bonchev–Trinajstić information content (AvgIpc) is 2.51. The molecule has 2 aliphatic rings. The monoisotopic (exact) mass is 299 g/mol. The Hall–Kier alpha value is -1.00. The maximum atomic E-state index is 14.7. The minimum Gasteiger partial charge on any atom is -0.486 e. The van der Waals surface area contributed by atoms with E-state index in [1.165, 1.54) is 6.42 Å². The third kappa shape index (κ3) is 2.15. The number of fused-ring (bicyclic) bond motifs is 1. The van der Waals surface area contributed by atoms with E-state index in [2.05, 4.69) is 0 Å². The summed E-state index contributed by atoms with van der Waals surface area (Å²) in [5.41, 5.74) is 6.26. The second kappa shape index (κ2) is 5.41. The van der Waals surface area contributed by atoms with E-state index in [9.17, 15) is 4.39 Å². The molecule has 110 valence electrons. The van der Waals surface area contributed by atoms with Gasteiger partial charge in [-0.25, -0.2) is 4.39 Å². The lowest BCUT2D eigenvalue weighted by Crippen LogP contribution is -2.38. The first-order valence-electron chi connectivity index (χ1n) is 7.16. The molecule has 1 aliphatic heterocycles. The molecule has 1 aliphatic carbocycles. The first-order valence-corrected chi connectivity index (χ1v) is 7.54. The van der Waals surface area contributed by atoms with E-state index in [1.54, 1.807) is 6.07 Å². The number of rotatable bonds is 2. The van der Waals surface area contributed by atoms with Crippen LogP contribution in [0, 0.1) is 5.82 Å². The summed E-state index contributed by atoms with van der Waals surface area (Å²) < 4.78 is 25.7. The minimum atomic E-state index is -0.400. The molecule has 0 radical (unpaired) electrons. The summed E-state index contributed by atoms with van der Waals surface area (Å²) in [6.07, 6.45) is 5.12. The lowest BCUT2D eigenvalue weighted by atomic mass is 9.69. The lowest BCUT2D eigenvalue weighted by molar-refractivity contribution is 0.169. The molecule has 1 saturated carbocycles. The summed E-state index contributed by atoms with van der Waals surface area (Å²) in [6, 6.07) is 1.74. The molecule has 0 unspecified atom stereocenters. The van der Waals surface area contributed by atoms with Crippen molar-refractivity contribution in [2.75, 3.05) is 19.8 Å². The molecule has 3 nitrogen and oxygen atoms in total. The van der Waals surface area contributed by atoms with Crippen LogP contribution in [-0.2, 0) is 5.41 Å². The van der Waals surface area contributed by atoms with Gasteiger partial charge >= 0.3 is 0 Å². The number of ether oxygens (including phenoxy) is 2. The van der Waals surface area contributed by atoms with Gasteiger partial charge in [0.25, 0.3) is 0 Å². The number of benzene rings is 1. The van der Waals surface area contributed by atoms with E-state index in [0.29, 0.717) is 36.8 Å². The van der Waals surface area contributed by atoms with Gasteiger partial charge in [0.2, 0.25) is 0 Å². The Bertz CT molecular complexity index is 515. The van der Waals surface area contributed by atoms with Crippen LogP contribution in [0.5, 0.6) is 11.5 Å². The van der Waals surface area contributed by atoms with Crippen LogP contribution in [0.25, 0.3) is 0 Å². The smallest absolute Gasteiger partial charge is 0.182 e. The third-order valence-electron chi connectivity index (χ3n) is 4.49. The Morgan fingerprint density at radius 2 is 1.90 bits per heavy atom. The molecule has 0 spiro atoms. The Morgan fingerprint density at radius 1 is 1.20 bits per heavy atom. The Labute approximate surface area is 123 Å². The number of halogens is 2. The van der Waals surface area contributed by atoms with Gasteiger partial charge in [-0.1, -0.05) is 30.9 Å². The third-order valence-corrected chi connectivity index (χ3v) is 4.83. The van der Waals surface area contributed by atoms with E-state index in [-0.39, 0.29) is 10.4 Å². The Morgan fingerprint density at radius 3 is 2.60 bits per heavy atom. The van der Waals surface area contributed by atoms with Gasteiger partial charge in [-0.2, -0.15) is 0 Å². The quantitative estimate of drug-likeness (QED) is 0.910. The molecule has 0 aromatic heterocycles. The number of hydrogen-bond acceptors (Lipinski definition) is 3. The molecule has 2 N–H and O–H groups in total. The van der Waals surface area contributed by atoms with E-state index < -0.39 is 5.82 Å². The second-order valence-electron chi connectivity index (χ2n) is 5.62. The first kappa shape index (κ1) is 14.0. The van der Waals surface area contributed by atoms with Gasteiger partial charge in [0.1, 0.15) is 24.1 Å². The first-order chi connectivity index (χ1) is 9.68. The highest BCUT2D eigenvalue weighted by atomic mass is 35.5. The topological polar surface area (TPSA) is 44.5 Å². The van der Waals surface area contributed by atoms with Crippen molar-refractivity contribution in [1.82, 2.24) is 0 Å². The van der Waals surface area contributed by atoms with Crippen molar-refractivity contribution in [2.24, 2.45) is 5.73 Å². The van der Waals surface area contributed by atoms with Crippen LogP contribution >= 0.6 is 11.6 Å². The molecule has 20 heavy (non-hydrogen) atoms. The lowest BCUT2D eigenvalue weighted by Gasteiger charge is -2.37. The molecule has 1 fully saturated rings. The summed E-state index contributed by atoms with van der Waals surface area (Å²) in [5.74, 6) is 0.460. The van der Waals surface area contributed by atoms with Crippen LogP contribution in [0.4, 0.5) is 4.39 Å². The molecule has 1 aromatic carbocycles. The molecule has 0 bridgehead atoms. The zero-order chi connectivity index (χ0) is 14.2. The SMILES string of the molecule is NCC1(c2cc3c(c(Cl)c2F)OCCO3)CCCCC1. The van der Waals surface area contributed by atoms with Gasteiger partial charge in [-0.05, 0) is 18.9 Å². The summed E-state index contributed by atoms with van der Waals surface area (Å²) in [7, 11) is 0. The van der Waals surface area contributed by atoms with Gasteiger partial charge in [0.05, 0.1) is 0 Å². The van der Waals surface area contributed by atoms with Gasteiger partial charge < -0.3 is 15.2 Å². The average molecular weight is 300 g/mol. The van der Waals surface area contributed by atoms with Crippen LogP contribution in [0.2, 0.25) is 5.02 Å². The fourth-order valence-electron chi connectivity index (χ4n) is 3.32. The van der Waals surface area contributed by atoms with E-state index in [1.807, 2.05) is 0 Å². The Kier molecular flexibility index (Phi) is 3.78. The molecule has 3 rings (SSSR count). The van der Waals surface area contributed by atoms with Crippen molar-refractivity contribution in [3.05, 3.63) is 22.5 Å². The molecule has 0 atom stereocenters. The number of nitrogens with two attached hydrogens (primary N) is 1. The summed E-state index contributed by atoms with van der Waals surface area (Å²) in [4.78, 5) is 0. The highest BCUT2D eigenvalue weighted by Gasteiger charge is 2.37. The van der Waals surface area contributed by atoms with Gasteiger partial charge in [0, 0.05) is 17.5 Å². The summed E-state index contributed by atoms with van der Waals surface area (Å²) >= 11 is 6.13. The maximum absolute atomic E-state index is 14.7. The fraction of sp³-hybridized carbons (Fsp3) is 0.600. The highest BCUT2D eigenvalue weighted by molar-refractivity contribution is 6.32. The van der Waals surface area contributed by atoms with Crippen molar-refractivity contribution < 1.29 is 13.9 Å². The minimum absolute atomic E-state index is 0.0237. The Balaban J connectivity index is 2.10. The predicted octanol–water partition coefficient (Wildman–Crippen LogP) is 3.41. The van der Waals surface area contributed by atoms with Crippen molar-refractivity contribution >= 4 is 11.6 Å². The molecule has 0 amide bonds. The van der Waals surface area contributed by atoms with Crippen LogP contribution in [0.1, 0.15) is 37.7 Å². The number of hydrogen-bond donors (Lipinski definition) is 1. The molecule has 1 aromatic rings. The molecule has 5 heteroatoms. The zero-order valence-electron chi connectivity index (χ0n) is 11.4. The maximum Gasteiger partial charge on any atom is 0.182 e. The van der Waals surface area contributed by atoms with Crippen LogP contribution in [-0.4, -0.2) is 19.8 Å². The molecular weight excluding hydrogens is 281 g/mol. The largest absolute Gasteiger partial charge is 0.486 e. The van der Waals surface area contributed by atoms with Crippen LogP contribution < -0.4 is 15.2 Å². The summed E-state index contributed by atoms with van der Waals surface area (Å²) in [5, 5.41) is 0.0237. The van der Waals surface area contributed by atoms with E-state index in [0.717, 1.165) is 25.7 Å². The van der Waals surface area contributed by atoms with Gasteiger partial charge in [-0.3, -0.25) is 0 Å². The second-order valence-corrected chi connectivity index (χ2v) is 6.00. The zero-order valence-corrected chi connectivity index (χ0v) is 12.1. The summed E-state index contributed by atoms with van der Waals surface area (Å²) in [6.45, 7) is 1.29. The van der Waals surface area contributed by atoms with E-state index in [4.69, 9.17) is 26.8 Å². The highest BCUT2D eigenvalue weighted by Crippen LogP contribution is 2.47. The molecular formula is C15H19ClFNO2. The van der Waals surface area contributed by atoms with Crippen molar-refractivity contribution in [3.63, 3.8) is 0 Å². The molecule has 0 saturated heterocycles. The van der Waals surface area contributed by atoms with Crippen LogP contribution in [0.15, 0.2) is 6.07 Å². The van der Waals surface area contributed by atoms with Crippen LogP contribution in [0.3, 0.4) is 0 Å². The normalized spacial score (nSPS) is 20.8. The van der Waals surface area contributed by atoms with Gasteiger partial charge in [-0.15, -0.1) is 0 Å². The van der Waals surface area contributed by atoms with Crippen molar-refractivity contribution in [1.29, 1.82) is 0 Å². The van der Waals surface area contributed by atoms with E-state index >= 15 is 0 Å². The molecule has 1 heterocycles. The van der Waals surface area contributed by atoms with Gasteiger partial charge in [0.15, 0.2) is 11.5 Å².